The van der Waals surface area contributed by atoms with Crippen molar-refractivity contribution >= 4 is 0 Å². The molecule has 0 fully saturated rings. The molecule has 0 aliphatic carbocycles. The molecule has 3 aromatic carbocycles. The number of rotatable bonds is 11. The summed E-state index contributed by atoms with van der Waals surface area (Å²) in [5.74, 6) is 2.49. The van der Waals surface area contributed by atoms with Crippen LogP contribution in [0.3, 0.4) is 0 Å². The summed E-state index contributed by atoms with van der Waals surface area (Å²) < 4.78 is 16.7. The van der Waals surface area contributed by atoms with E-state index in [1.807, 2.05) is 24.3 Å². The molecule has 0 aliphatic heterocycles. The van der Waals surface area contributed by atoms with Gasteiger partial charge in [-0.1, -0.05) is 42.5 Å². The Kier molecular flexibility index (Phi) is 7.96. The Bertz CT molecular complexity index is 863. The van der Waals surface area contributed by atoms with E-state index in [1.165, 1.54) is 16.7 Å². The van der Waals surface area contributed by atoms with Crippen molar-refractivity contribution in [2.24, 2.45) is 0 Å². The van der Waals surface area contributed by atoms with Crippen molar-refractivity contribution in [3.63, 3.8) is 0 Å². The van der Waals surface area contributed by atoms with Crippen LogP contribution >= 0.6 is 0 Å². The number of nitrogens with two attached hydrogens (primary N) is 1. The quantitative estimate of drug-likeness (QED) is 0.507. The standard InChI is InChI=1S/C25H29NO3/c1-27-23-11-8-21(9-12-23)14-16-26-19-22-10-13-24(25(18-22)28-2)29-17-15-20-6-4-3-5-7-20/h3-13,18,26H,14-17,19H2,1-2H3/p+1. The summed E-state index contributed by atoms with van der Waals surface area (Å²) in [6, 6.07) is 24.8. The zero-order valence-corrected chi connectivity index (χ0v) is 17.3. The highest BCUT2D eigenvalue weighted by atomic mass is 16.5. The van der Waals surface area contributed by atoms with Crippen molar-refractivity contribution in [1.82, 2.24) is 0 Å². The third-order valence-electron chi connectivity index (χ3n) is 4.90. The molecule has 0 aliphatic rings. The van der Waals surface area contributed by atoms with Crippen molar-refractivity contribution in [2.45, 2.75) is 19.4 Å². The minimum atomic E-state index is 0.633. The minimum Gasteiger partial charge on any atom is -0.497 e. The normalized spacial score (nSPS) is 10.6. The molecule has 152 valence electrons. The number of quaternary nitrogens is 1. The van der Waals surface area contributed by atoms with E-state index in [2.05, 4.69) is 53.8 Å². The molecule has 0 amide bonds. The Morgan fingerprint density at radius 1 is 0.690 bits per heavy atom. The van der Waals surface area contributed by atoms with Crippen LogP contribution in [0.25, 0.3) is 0 Å². The van der Waals surface area contributed by atoms with Crippen LogP contribution in [0, 0.1) is 0 Å². The number of hydrogen-bond donors (Lipinski definition) is 1. The lowest BCUT2D eigenvalue weighted by atomic mass is 10.1. The molecule has 3 aromatic rings. The Morgan fingerprint density at radius 2 is 1.41 bits per heavy atom. The van der Waals surface area contributed by atoms with Gasteiger partial charge in [0, 0.05) is 18.4 Å². The summed E-state index contributed by atoms with van der Waals surface area (Å²) in [5, 5.41) is 2.31. The van der Waals surface area contributed by atoms with Gasteiger partial charge in [0.05, 0.1) is 27.4 Å². The van der Waals surface area contributed by atoms with Crippen LogP contribution in [-0.4, -0.2) is 27.4 Å². The second-order valence-corrected chi connectivity index (χ2v) is 6.95. The van der Waals surface area contributed by atoms with Crippen molar-refractivity contribution in [2.75, 3.05) is 27.4 Å². The Balaban J connectivity index is 1.45. The van der Waals surface area contributed by atoms with E-state index < -0.39 is 0 Å². The molecule has 0 saturated heterocycles. The lowest BCUT2D eigenvalue weighted by Crippen LogP contribution is -2.83. The Morgan fingerprint density at radius 3 is 2.14 bits per heavy atom. The number of methoxy groups -OCH3 is 2. The van der Waals surface area contributed by atoms with E-state index in [4.69, 9.17) is 14.2 Å². The summed E-state index contributed by atoms with van der Waals surface area (Å²) in [7, 11) is 3.38. The highest BCUT2D eigenvalue weighted by molar-refractivity contribution is 5.42. The fraction of sp³-hybridized carbons (Fsp3) is 0.280. The molecule has 0 radical (unpaired) electrons. The van der Waals surface area contributed by atoms with Gasteiger partial charge >= 0.3 is 0 Å². The van der Waals surface area contributed by atoms with Crippen LogP contribution in [0.15, 0.2) is 72.8 Å². The number of hydrogen-bond acceptors (Lipinski definition) is 3. The first-order chi connectivity index (χ1) is 14.3. The van der Waals surface area contributed by atoms with Gasteiger partial charge in [-0.25, -0.2) is 0 Å². The molecular weight excluding hydrogens is 362 g/mol. The van der Waals surface area contributed by atoms with Gasteiger partial charge in [0.25, 0.3) is 0 Å². The maximum atomic E-state index is 5.94. The van der Waals surface area contributed by atoms with Crippen molar-refractivity contribution in [3.05, 3.63) is 89.5 Å². The van der Waals surface area contributed by atoms with E-state index in [9.17, 15) is 0 Å². The summed E-state index contributed by atoms with van der Waals surface area (Å²) in [5.41, 5.74) is 3.82. The third-order valence-corrected chi connectivity index (χ3v) is 4.90. The van der Waals surface area contributed by atoms with Gasteiger partial charge in [-0.15, -0.1) is 0 Å². The van der Waals surface area contributed by atoms with Crippen LogP contribution < -0.4 is 19.5 Å². The first-order valence-electron chi connectivity index (χ1n) is 10.1. The monoisotopic (exact) mass is 392 g/mol. The van der Waals surface area contributed by atoms with Gasteiger partial charge in [0.1, 0.15) is 12.3 Å². The average Bonchev–Trinajstić information content (AvgIpc) is 2.78. The van der Waals surface area contributed by atoms with E-state index >= 15 is 0 Å². The van der Waals surface area contributed by atoms with Crippen LogP contribution in [0.1, 0.15) is 16.7 Å². The predicted octanol–water partition coefficient (Wildman–Crippen LogP) is 3.63. The molecule has 0 heterocycles. The Hall–Kier alpha value is -2.98. The smallest absolute Gasteiger partial charge is 0.161 e. The number of ether oxygens (including phenoxy) is 3. The number of benzene rings is 3. The highest BCUT2D eigenvalue weighted by Crippen LogP contribution is 2.28. The van der Waals surface area contributed by atoms with Gasteiger partial charge in [-0.05, 0) is 41.5 Å². The van der Waals surface area contributed by atoms with E-state index in [0.29, 0.717) is 6.61 Å². The largest absolute Gasteiger partial charge is 0.497 e. The lowest BCUT2D eigenvalue weighted by molar-refractivity contribution is -0.670. The van der Waals surface area contributed by atoms with Gasteiger partial charge in [0.2, 0.25) is 0 Å². The van der Waals surface area contributed by atoms with Gasteiger partial charge in [-0.2, -0.15) is 0 Å². The second-order valence-electron chi connectivity index (χ2n) is 6.95. The van der Waals surface area contributed by atoms with Crippen LogP contribution in [-0.2, 0) is 19.4 Å². The molecule has 2 N–H and O–H groups in total. The van der Waals surface area contributed by atoms with Gasteiger partial charge in [-0.3, -0.25) is 0 Å². The molecular formula is C25H30NO3+. The Labute approximate surface area is 173 Å². The molecule has 4 nitrogen and oxygen atoms in total. The summed E-state index contributed by atoms with van der Waals surface area (Å²) >= 11 is 0. The molecule has 0 saturated carbocycles. The summed E-state index contributed by atoms with van der Waals surface area (Å²) in [6.07, 6.45) is 1.91. The third kappa shape index (κ3) is 6.54. The lowest BCUT2D eigenvalue weighted by Gasteiger charge is -2.12. The van der Waals surface area contributed by atoms with Crippen LogP contribution in [0.4, 0.5) is 0 Å². The first kappa shape index (κ1) is 20.7. The molecule has 0 spiro atoms. The van der Waals surface area contributed by atoms with Crippen molar-refractivity contribution in [1.29, 1.82) is 0 Å². The zero-order valence-electron chi connectivity index (χ0n) is 17.3. The minimum absolute atomic E-state index is 0.633. The molecule has 0 aromatic heterocycles. The topological polar surface area (TPSA) is 44.3 Å². The molecule has 29 heavy (non-hydrogen) atoms. The van der Waals surface area contributed by atoms with Crippen LogP contribution in [0.5, 0.6) is 17.2 Å². The van der Waals surface area contributed by atoms with Gasteiger partial charge in [0.15, 0.2) is 11.5 Å². The fourth-order valence-corrected chi connectivity index (χ4v) is 3.21. The SMILES string of the molecule is COc1ccc(CC[NH2+]Cc2ccc(OCCc3ccccc3)c(OC)c2)cc1. The average molecular weight is 393 g/mol. The van der Waals surface area contributed by atoms with Crippen LogP contribution in [0.2, 0.25) is 0 Å². The predicted molar refractivity (Wildman–Crippen MR) is 116 cm³/mol. The molecule has 3 rings (SSSR count). The molecule has 0 atom stereocenters. The van der Waals surface area contributed by atoms with Crippen molar-refractivity contribution < 1.29 is 19.5 Å². The first-order valence-corrected chi connectivity index (χ1v) is 10.1. The van der Waals surface area contributed by atoms with E-state index in [-0.39, 0.29) is 0 Å². The zero-order chi connectivity index (χ0) is 20.3. The molecule has 0 bridgehead atoms. The maximum absolute atomic E-state index is 5.94. The summed E-state index contributed by atoms with van der Waals surface area (Å²) in [6.45, 7) is 2.58. The maximum Gasteiger partial charge on any atom is 0.161 e. The molecule has 0 unspecified atom stereocenters. The van der Waals surface area contributed by atoms with E-state index in [1.54, 1.807) is 14.2 Å². The second kappa shape index (κ2) is 11.1. The fourth-order valence-electron chi connectivity index (χ4n) is 3.21. The van der Waals surface area contributed by atoms with E-state index in [0.717, 1.165) is 43.2 Å². The highest BCUT2D eigenvalue weighted by Gasteiger charge is 2.07. The van der Waals surface area contributed by atoms with Gasteiger partial charge < -0.3 is 19.5 Å². The molecule has 4 heteroatoms. The van der Waals surface area contributed by atoms with Crippen molar-refractivity contribution in [3.8, 4) is 17.2 Å². The summed E-state index contributed by atoms with van der Waals surface area (Å²) in [4.78, 5) is 0.